The fourth-order valence-electron chi connectivity index (χ4n) is 3.22. The maximum atomic E-state index is 13.7. The Morgan fingerprint density at radius 1 is 0.906 bits per heavy atom. The molecule has 1 aliphatic rings. The maximum absolute atomic E-state index is 13.7. The maximum Gasteiger partial charge on any atom is 0.418 e. The minimum atomic E-state index is -4.70. The van der Waals surface area contributed by atoms with Crippen molar-refractivity contribution >= 4 is 21.7 Å². The van der Waals surface area contributed by atoms with Crippen LogP contribution in [0.2, 0.25) is 0 Å². The number of pyridine rings is 2. The monoisotopic (exact) mass is 464 g/mol. The number of alkyl halides is 3. The van der Waals surface area contributed by atoms with Crippen molar-refractivity contribution in [2.45, 2.75) is 24.0 Å². The summed E-state index contributed by atoms with van der Waals surface area (Å²) >= 11 is 0. The number of nitrogens with one attached hydrogen (secondary N) is 2. The molecule has 2 N–H and O–H groups in total. The van der Waals surface area contributed by atoms with Crippen LogP contribution in [0.5, 0.6) is 5.75 Å². The van der Waals surface area contributed by atoms with Gasteiger partial charge < -0.3 is 10.1 Å². The first-order valence-electron chi connectivity index (χ1n) is 9.78. The lowest BCUT2D eigenvalue weighted by atomic mass is 10.0. The average Bonchev–Trinajstić information content (AvgIpc) is 2.75. The topological polar surface area (TPSA) is 93.2 Å². The van der Waals surface area contributed by atoms with Gasteiger partial charge in [-0.05, 0) is 49.2 Å². The van der Waals surface area contributed by atoms with Gasteiger partial charge in [-0.3, -0.25) is 4.72 Å². The van der Waals surface area contributed by atoms with Gasteiger partial charge in [0.25, 0.3) is 10.0 Å². The highest BCUT2D eigenvalue weighted by atomic mass is 32.2. The Morgan fingerprint density at radius 3 is 2.53 bits per heavy atom. The Bertz CT molecular complexity index is 1230. The highest BCUT2D eigenvalue weighted by Crippen LogP contribution is 2.40. The molecule has 32 heavy (non-hydrogen) atoms. The molecular formula is C21H19F3N4O3S. The van der Waals surface area contributed by atoms with Crippen LogP contribution in [-0.4, -0.2) is 31.5 Å². The first-order chi connectivity index (χ1) is 15.2. The molecule has 2 aromatic heterocycles. The SMILES string of the molecule is O=S1(=O)Nc2ccc(C(F)(F)F)c(n2)-c2ccccc2OCCCCNc2cccc1n2. The zero-order chi connectivity index (χ0) is 22.8. The number of hydrogen-bond donors (Lipinski definition) is 2. The van der Waals surface area contributed by atoms with E-state index in [9.17, 15) is 21.6 Å². The van der Waals surface area contributed by atoms with Crippen molar-refractivity contribution in [2.24, 2.45) is 0 Å². The van der Waals surface area contributed by atoms with E-state index in [0.29, 0.717) is 31.8 Å². The smallest absolute Gasteiger partial charge is 0.418 e. The van der Waals surface area contributed by atoms with Crippen LogP contribution in [0.1, 0.15) is 18.4 Å². The first kappa shape index (κ1) is 21.9. The lowest BCUT2D eigenvalue weighted by molar-refractivity contribution is -0.137. The molecule has 0 unspecified atom stereocenters. The minimum Gasteiger partial charge on any atom is -0.493 e. The number of halogens is 3. The van der Waals surface area contributed by atoms with Gasteiger partial charge in [-0.25, -0.2) is 9.97 Å². The van der Waals surface area contributed by atoms with Crippen LogP contribution in [0.15, 0.2) is 59.6 Å². The summed E-state index contributed by atoms with van der Waals surface area (Å²) in [6.45, 7) is 0.813. The number of aromatic nitrogens is 2. The quantitative estimate of drug-likeness (QED) is 0.507. The van der Waals surface area contributed by atoms with E-state index >= 15 is 0 Å². The number of sulfonamides is 1. The molecule has 3 aromatic rings. The molecular weight excluding hydrogens is 445 g/mol. The third-order valence-electron chi connectivity index (χ3n) is 4.72. The Labute approximate surface area is 182 Å². The Kier molecular flexibility index (Phi) is 5.92. The molecule has 7 nitrogen and oxygen atoms in total. The van der Waals surface area contributed by atoms with Gasteiger partial charge >= 0.3 is 6.18 Å². The van der Waals surface area contributed by atoms with E-state index in [4.69, 9.17) is 4.74 Å². The van der Waals surface area contributed by atoms with Crippen molar-refractivity contribution in [3.8, 4) is 17.0 Å². The number of benzene rings is 1. The molecule has 4 bridgehead atoms. The summed E-state index contributed by atoms with van der Waals surface area (Å²) in [7, 11) is -4.19. The zero-order valence-electron chi connectivity index (χ0n) is 16.7. The molecule has 4 rings (SSSR count). The summed E-state index contributed by atoms with van der Waals surface area (Å²) in [5.74, 6) is 0.333. The Balaban J connectivity index is 1.86. The zero-order valence-corrected chi connectivity index (χ0v) is 17.5. The third kappa shape index (κ3) is 4.77. The molecule has 0 saturated heterocycles. The summed E-state index contributed by atoms with van der Waals surface area (Å²) in [5.41, 5.74) is -1.31. The van der Waals surface area contributed by atoms with Crippen LogP contribution in [0.3, 0.4) is 0 Å². The molecule has 0 amide bonds. The van der Waals surface area contributed by atoms with Crippen LogP contribution in [0.4, 0.5) is 24.8 Å². The largest absolute Gasteiger partial charge is 0.493 e. The lowest BCUT2D eigenvalue weighted by Crippen LogP contribution is -2.18. The van der Waals surface area contributed by atoms with E-state index < -0.39 is 27.5 Å². The summed E-state index contributed by atoms with van der Waals surface area (Å²) in [6, 6.07) is 12.5. The molecule has 168 valence electrons. The number of hydrogen-bond acceptors (Lipinski definition) is 6. The number of anilines is 2. The van der Waals surface area contributed by atoms with E-state index in [1.165, 1.54) is 18.2 Å². The standard InChI is InChI=1S/C21H19F3N4O3S/c22-21(23,24)15-10-11-18-27-20(15)14-6-1-2-7-16(14)31-13-4-3-12-25-17-8-5-9-19(26-17)32(29,30)28-18/h1-2,5-11H,3-4,12-13H2,(H,25,26)(H,27,28). The highest BCUT2D eigenvalue weighted by Gasteiger charge is 2.35. The molecule has 1 aromatic carbocycles. The number of para-hydroxylation sites is 1. The molecule has 0 aliphatic carbocycles. The Morgan fingerprint density at radius 2 is 1.72 bits per heavy atom. The van der Waals surface area contributed by atoms with Gasteiger partial charge in [0.15, 0.2) is 5.03 Å². The molecule has 0 saturated carbocycles. The first-order valence-corrected chi connectivity index (χ1v) is 11.3. The van der Waals surface area contributed by atoms with Crippen molar-refractivity contribution in [1.82, 2.24) is 9.97 Å². The van der Waals surface area contributed by atoms with E-state index in [2.05, 4.69) is 20.0 Å². The number of fused-ring (bicyclic) bond motifs is 6. The second-order valence-electron chi connectivity index (χ2n) is 7.04. The van der Waals surface area contributed by atoms with Crippen LogP contribution in [0.25, 0.3) is 11.3 Å². The van der Waals surface area contributed by atoms with Gasteiger partial charge in [0.05, 0.1) is 17.9 Å². The van der Waals surface area contributed by atoms with Crippen molar-refractivity contribution < 1.29 is 26.3 Å². The fourth-order valence-corrected chi connectivity index (χ4v) is 4.19. The molecule has 11 heteroatoms. The van der Waals surface area contributed by atoms with Crippen molar-refractivity contribution in [1.29, 1.82) is 0 Å². The molecule has 0 radical (unpaired) electrons. The normalized spacial score (nSPS) is 16.1. The van der Waals surface area contributed by atoms with Crippen LogP contribution in [-0.2, 0) is 16.2 Å². The van der Waals surface area contributed by atoms with Gasteiger partial charge in [0.2, 0.25) is 0 Å². The lowest BCUT2D eigenvalue weighted by Gasteiger charge is -2.17. The second-order valence-corrected chi connectivity index (χ2v) is 8.66. The van der Waals surface area contributed by atoms with Gasteiger partial charge in [-0.15, -0.1) is 0 Å². The van der Waals surface area contributed by atoms with Gasteiger partial charge in [0.1, 0.15) is 17.4 Å². The van der Waals surface area contributed by atoms with Crippen LogP contribution >= 0.6 is 0 Å². The van der Waals surface area contributed by atoms with Gasteiger partial charge in [-0.2, -0.15) is 21.6 Å². The summed E-state index contributed by atoms with van der Waals surface area (Å²) in [6.07, 6.45) is -3.39. The third-order valence-corrected chi connectivity index (χ3v) is 5.97. The second kappa shape index (κ2) is 8.65. The van der Waals surface area contributed by atoms with Gasteiger partial charge in [0, 0.05) is 12.1 Å². The van der Waals surface area contributed by atoms with E-state index in [1.54, 1.807) is 24.3 Å². The molecule has 3 heterocycles. The van der Waals surface area contributed by atoms with Crippen LogP contribution < -0.4 is 14.8 Å². The van der Waals surface area contributed by atoms with E-state index in [0.717, 1.165) is 12.1 Å². The predicted molar refractivity (Wildman–Crippen MR) is 113 cm³/mol. The summed E-state index contributed by atoms with van der Waals surface area (Å²) < 4.78 is 74.7. The minimum absolute atomic E-state index is 0.117. The van der Waals surface area contributed by atoms with Gasteiger partial charge in [-0.1, -0.05) is 18.2 Å². The van der Waals surface area contributed by atoms with E-state index in [1.807, 2.05) is 0 Å². The fraction of sp³-hybridized carbons (Fsp3) is 0.238. The highest BCUT2D eigenvalue weighted by molar-refractivity contribution is 7.92. The number of ether oxygens (including phenoxy) is 1. The molecule has 0 fully saturated rings. The van der Waals surface area contributed by atoms with Crippen LogP contribution in [0, 0.1) is 0 Å². The molecule has 1 aliphatic heterocycles. The Hall–Kier alpha value is -3.34. The van der Waals surface area contributed by atoms with E-state index in [-0.39, 0.29) is 22.2 Å². The summed E-state index contributed by atoms with van der Waals surface area (Å²) in [5, 5.41) is 2.78. The molecule has 0 atom stereocenters. The average molecular weight is 464 g/mol. The molecule has 0 spiro atoms. The number of nitrogens with zero attached hydrogens (tertiary/aromatic N) is 2. The predicted octanol–water partition coefficient (Wildman–Crippen LogP) is 4.55. The summed E-state index contributed by atoms with van der Waals surface area (Å²) in [4.78, 5) is 8.10. The van der Waals surface area contributed by atoms with Crippen molar-refractivity contribution in [2.75, 3.05) is 23.2 Å². The van der Waals surface area contributed by atoms with Crippen molar-refractivity contribution in [3.05, 3.63) is 60.2 Å². The number of rotatable bonds is 0. The van der Waals surface area contributed by atoms with Crippen molar-refractivity contribution in [3.63, 3.8) is 0 Å².